The first-order chi connectivity index (χ1) is 9.54. The number of thiazole rings is 1. The van der Waals surface area contributed by atoms with Crippen LogP contribution in [0.4, 0.5) is 4.39 Å². The lowest BCUT2D eigenvalue weighted by Gasteiger charge is -2.20. The highest BCUT2D eigenvalue weighted by atomic mass is 32.1. The van der Waals surface area contributed by atoms with Crippen molar-refractivity contribution in [2.45, 2.75) is 45.7 Å². The van der Waals surface area contributed by atoms with Gasteiger partial charge in [-0.3, -0.25) is 0 Å². The Bertz CT molecular complexity index is 635. The molecule has 2 nitrogen and oxygen atoms in total. The van der Waals surface area contributed by atoms with E-state index >= 15 is 0 Å². The van der Waals surface area contributed by atoms with Gasteiger partial charge < -0.3 is 5.32 Å². The van der Waals surface area contributed by atoms with E-state index in [1.807, 2.05) is 13.0 Å². The highest BCUT2D eigenvalue weighted by Crippen LogP contribution is 2.34. The van der Waals surface area contributed by atoms with Crippen LogP contribution >= 0.6 is 11.3 Å². The molecule has 2 aromatic rings. The Morgan fingerprint density at radius 1 is 1.40 bits per heavy atom. The van der Waals surface area contributed by atoms with Gasteiger partial charge in [-0.25, -0.2) is 9.37 Å². The first-order valence-electron chi connectivity index (χ1n) is 7.03. The lowest BCUT2D eigenvalue weighted by atomic mass is 10.1. The summed E-state index contributed by atoms with van der Waals surface area (Å²) in [6, 6.07) is 5.76. The summed E-state index contributed by atoms with van der Waals surface area (Å²) in [6.07, 6.45) is 2.00. The number of benzene rings is 1. The smallest absolute Gasteiger partial charge is 0.123 e. The third-order valence-corrected chi connectivity index (χ3v) is 5.22. The van der Waals surface area contributed by atoms with Crippen molar-refractivity contribution in [2.75, 3.05) is 0 Å². The second-order valence-electron chi connectivity index (χ2n) is 5.51. The maximum absolute atomic E-state index is 13.2. The van der Waals surface area contributed by atoms with E-state index < -0.39 is 0 Å². The average Bonchev–Trinajstić information content (AvgIpc) is 2.93. The van der Waals surface area contributed by atoms with Crippen molar-refractivity contribution < 1.29 is 4.39 Å². The number of nitrogens with one attached hydrogen (secondary N) is 1. The van der Waals surface area contributed by atoms with Gasteiger partial charge in [0.25, 0.3) is 0 Å². The second kappa shape index (κ2) is 5.26. The first kappa shape index (κ1) is 13.7. The molecule has 1 aliphatic rings. The van der Waals surface area contributed by atoms with Crippen molar-refractivity contribution in [1.82, 2.24) is 10.3 Å². The molecule has 0 amide bonds. The fourth-order valence-corrected chi connectivity index (χ4v) is 4.02. The van der Waals surface area contributed by atoms with E-state index in [0.717, 1.165) is 29.1 Å². The Labute approximate surface area is 123 Å². The van der Waals surface area contributed by atoms with Gasteiger partial charge in [0.05, 0.1) is 10.7 Å². The molecule has 0 aliphatic heterocycles. The Hall–Kier alpha value is -1.26. The van der Waals surface area contributed by atoms with Gasteiger partial charge in [-0.2, -0.15) is 0 Å². The number of aryl methyl sites for hydroxylation is 3. The Kier molecular flexibility index (Phi) is 3.61. The van der Waals surface area contributed by atoms with Crippen LogP contribution in [0.15, 0.2) is 18.2 Å². The third-order valence-electron chi connectivity index (χ3n) is 3.97. The fraction of sp³-hybridized carbons (Fsp3) is 0.438. The van der Waals surface area contributed by atoms with E-state index in [9.17, 15) is 4.39 Å². The van der Waals surface area contributed by atoms with Crippen molar-refractivity contribution in [3.05, 3.63) is 50.7 Å². The van der Waals surface area contributed by atoms with Crippen LogP contribution in [-0.4, -0.2) is 4.98 Å². The van der Waals surface area contributed by atoms with Crippen molar-refractivity contribution in [1.29, 1.82) is 0 Å². The lowest BCUT2D eigenvalue weighted by Crippen LogP contribution is -2.22. The molecule has 1 heterocycles. The number of nitrogens with zero attached hydrogens (tertiary/aromatic N) is 1. The number of aromatic nitrogens is 1. The Morgan fingerprint density at radius 2 is 2.20 bits per heavy atom. The largest absolute Gasteiger partial charge is 0.302 e. The van der Waals surface area contributed by atoms with Gasteiger partial charge in [0, 0.05) is 17.0 Å². The summed E-state index contributed by atoms with van der Waals surface area (Å²) < 4.78 is 13.2. The Morgan fingerprint density at radius 3 is 2.90 bits per heavy atom. The maximum atomic E-state index is 13.2. The van der Waals surface area contributed by atoms with Crippen molar-refractivity contribution in [3.63, 3.8) is 0 Å². The van der Waals surface area contributed by atoms with Crippen LogP contribution in [0.5, 0.6) is 0 Å². The molecule has 4 heteroatoms. The zero-order valence-corrected chi connectivity index (χ0v) is 12.9. The van der Waals surface area contributed by atoms with E-state index in [0.29, 0.717) is 6.04 Å². The molecule has 0 radical (unpaired) electrons. The van der Waals surface area contributed by atoms with Gasteiger partial charge in [-0.15, -0.1) is 11.3 Å². The normalized spacial score (nSPS) is 19.1. The summed E-state index contributed by atoms with van der Waals surface area (Å²) in [6.45, 7) is 6.29. The van der Waals surface area contributed by atoms with Crippen LogP contribution in [0.1, 0.15) is 52.1 Å². The summed E-state index contributed by atoms with van der Waals surface area (Å²) in [7, 11) is 0. The van der Waals surface area contributed by atoms with Crippen molar-refractivity contribution >= 4 is 11.3 Å². The van der Waals surface area contributed by atoms with Crippen LogP contribution in [0.25, 0.3) is 0 Å². The first-order valence-corrected chi connectivity index (χ1v) is 7.84. The summed E-state index contributed by atoms with van der Waals surface area (Å²) >= 11 is 1.76. The number of rotatable bonds is 3. The monoisotopic (exact) mass is 290 g/mol. The molecule has 0 bridgehead atoms. The van der Waals surface area contributed by atoms with E-state index in [2.05, 4.69) is 24.1 Å². The molecule has 1 aliphatic carbocycles. The van der Waals surface area contributed by atoms with Crippen LogP contribution in [-0.2, 0) is 6.42 Å². The molecule has 0 saturated heterocycles. The molecule has 2 unspecified atom stereocenters. The Balaban J connectivity index is 1.79. The van der Waals surface area contributed by atoms with Gasteiger partial charge in [0.1, 0.15) is 5.82 Å². The average molecular weight is 290 g/mol. The van der Waals surface area contributed by atoms with E-state index in [4.69, 9.17) is 0 Å². The quantitative estimate of drug-likeness (QED) is 0.914. The molecule has 3 rings (SSSR count). The van der Waals surface area contributed by atoms with E-state index in [1.54, 1.807) is 23.5 Å². The molecule has 1 N–H and O–H groups in total. The van der Waals surface area contributed by atoms with Crippen LogP contribution < -0.4 is 5.32 Å². The molecule has 0 saturated carbocycles. The predicted molar refractivity (Wildman–Crippen MR) is 80.6 cm³/mol. The zero-order valence-electron chi connectivity index (χ0n) is 12.0. The zero-order chi connectivity index (χ0) is 14.3. The molecule has 2 atom stereocenters. The minimum atomic E-state index is -0.133. The molecule has 0 spiro atoms. The number of fused-ring (bicyclic) bond motifs is 1. The van der Waals surface area contributed by atoms with E-state index in [-0.39, 0.29) is 11.9 Å². The number of hydrogen-bond acceptors (Lipinski definition) is 3. The SMILES string of the molecule is Cc1nc(C)c(C(C)NC2CCc3cc(F)ccc32)s1. The highest BCUT2D eigenvalue weighted by Gasteiger charge is 2.25. The summed E-state index contributed by atoms with van der Waals surface area (Å²) in [5.74, 6) is -0.133. The van der Waals surface area contributed by atoms with Crippen LogP contribution in [0.2, 0.25) is 0 Å². The molecule has 1 aromatic heterocycles. The van der Waals surface area contributed by atoms with Crippen LogP contribution in [0, 0.1) is 19.7 Å². The molecule has 20 heavy (non-hydrogen) atoms. The molecule has 1 aromatic carbocycles. The summed E-state index contributed by atoms with van der Waals surface area (Å²) in [5.41, 5.74) is 3.51. The lowest BCUT2D eigenvalue weighted by molar-refractivity contribution is 0.467. The summed E-state index contributed by atoms with van der Waals surface area (Å²) in [5, 5.41) is 4.78. The van der Waals surface area contributed by atoms with Crippen molar-refractivity contribution in [3.8, 4) is 0 Å². The van der Waals surface area contributed by atoms with E-state index in [1.165, 1.54) is 10.4 Å². The maximum Gasteiger partial charge on any atom is 0.123 e. The standard InChI is InChI=1S/C16H19FN2S/c1-9-16(20-11(3)18-9)10(2)19-15-7-4-12-8-13(17)5-6-14(12)15/h5-6,8,10,15,19H,4,7H2,1-3H3. The fourth-order valence-electron chi connectivity index (χ4n) is 3.09. The number of hydrogen-bond donors (Lipinski definition) is 1. The number of halogens is 1. The third kappa shape index (κ3) is 2.50. The molecular formula is C16H19FN2S. The van der Waals surface area contributed by atoms with Gasteiger partial charge in [-0.1, -0.05) is 6.07 Å². The second-order valence-corrected chi connectivity index (χ2v) is 6.74. The van der Waals surface area contributed by atoms with Crippen LogP contribution in [0.3, 0.4) is 0 Å². The minimum Gasteiger partial charge on any atom is -0.302 e. The van der Waals surface area contributed by atoms with Gasteiger partial charge >= 0.3 is 0 Å². The highest BCUT2D eigenvalue weighted by molar-refractivity contribution is 7.11. The van der Waals surface area contributed by atoms with Gasteiger partial charge in [0.15, 0.2) is 0 Å². The predicted octanol–water partition coefficient (Wildman–Crippen LogP) is 4.24. The van der Waals surface area contributed by atoms with Crippen molar-refractivity contribution in [2.24, 2.45) is 0 Å². The minimum absolute atomic E-state index is 0.133. The van der Waals surface area contributed by atoms with Gasteiger partial charge in [-0.05, 0) is 56.9 Å². The summed E-state index contributed by atoms with van der Waals surface area (Å²) in [4.78, 5) is 5.80. The molecule has 0 fully saturated rings. The topological polar surface area (TPSA) is 24.9 Å². The molecular weight excluding hydrogens is 271 g/mol. The van der Waals surface area contributed by atoms with Gasteiger partial charge in [0.2, 0.25) is 0 Å². The molecule has 106 valence electrons.